The number of halogens is 3. The van der Waals surface area contributed by atoms with Gasteiger partial charge in [-0.3, -0.25) is 9.78 Å². The number of hydrogen-bond donors (Lipinski definition) is 2. The van der Waals surface area contributed by atoms with Crippen molar-refractivity contribution in [3.8, 4) is 0 Å². The fraction of sp³-hybridized carbons (Fsp3) is 0.250. The number of benzene rings is 1. The predicted octanol–water partition coefficient (Wildman–Crippen LogP) is 3.30. The zero-order valence-corrected chi connectivity index (χ0v) is 16.1. The Bertz CT molecular complexity index is 1020. The summed E-state index contributed by atoms with van der Waals surface area (Å²) in [5, 5.41) is 4.33. The van der Waals surface area contributed by atoms with E-state index in [9.17, 15) is 18.0 Å². The number of amides is 1. The van der Waals surface area contributed by atoms with Crippen LogP contribution in [0.5, 0.6) is 0 Å². The fourth-order valence-electron chi connectivity index (χ4n) is 2.96. The third-order valence-electron chi connectivity index (χ3n) is 4.54. The number of hydrogen-bond acceptors (Lipinski definition) is 5. The topological polar surface area (TPSA) is 109 Å². The molecule has 0 saturated carbocycles. The standard InChI is InChI=1S/C20H20F3N5O2/c1-12(14-7-8-16(26-9-14)20(21,22)23)28-18(24)17(19(25)29)15(27-28)11-30-10-13-5-3-2-4-6-13/h2-9,12H,10-11,24H2,1H3,(H2,25,29)/t12-/m0/s1. The van der Waals surface area contributed by atoms with Crippen LogP contribution in [-0.2, 0) is 24.1 Å². The van der Waals surface area contributed by atoms with Crippen molar-refractivity contribution in [1.82, 2.24) is 14.8 Å². The van der Waals surface area contributed by atoms with E-state index in [0.717, 1.165) is 17.8 Å². The monoisotopic (exact) mass is 419 g/mol. The molecule has 4 N–H and O–H groups in total. The summed E-state index contributed by atoms with van der Waals surface area (Å²) in [6.07, 6.45) is -3.43. The van der Waals surface area contributed by atoms with Gasteiger partial charge in [0, 0.05) is 6.20 Å². The summed E-state index contributed by atoms with van der Waals surface area (Å²) in [4.78, 5) is 15.3. The van der Waals surface area contributed by atoms with Crippen LogP contribution in [0.4, 0.5) is 19.0 Å². The zero-order valence-electron chi connectivity index (χ0n) is 16.1. The third-order valence-corrected chi connectivity index (χ3v) is 4.54. The highest BCUT2D eigenvalue weighted by Gasteiger charge is 2.32. The maximum Gasteiger partial charge on any atom is 0.433 e. The molecule has 3 aromatic rings. The summed E-state index contributed by atoms with van der Waals surface area (Å²) in [6.45, 7) is 1.96. The van der Waals surface area contributed by atoms with E-state index in [0.29, 0.717) is 12.2 Å². The molecule has 0 unspecified atom stereocenters. The molecular weight excluding hydrogens is 399 g/mol. The lowest BCUT2D eigenvalue weighted by molar-refractivity contribution is -0.141. The van der Waals surface area contributed by atoms with Gasteiger partial charge >= 0.3 is 6.18 Å². The van der Waals surface area contributed by atoms with E-state index >= 15 is 0 Å². The van der Waals surface area contributed by atoms with E-state index < -0.39 is 23.8 Å². The summed E-state index contributed by atoms with van der Waals surface area (Å²) in [5.74, 6) is -0.761. The molecule has 2 aromatic heterocycles. The fourth-order valence-corrected chi connectivity index (χ4v) is 2.96. The second-order valence-corrected chi connectivity index (χ2v) is 6.64. The predicted molar refractivity (Wildman–Crippen MR) is 103 cm³/mol. The maximum atomic E-state index is 12.7. The lowest BCUT2D eigenvalue weighted by Gasteiger charge is -2.15. The highest BCUT2D eigenvalue weighted by Crippen LogP contribution is 2.30. The van der Waals surface area contributed by atoms with Gasteiger partial charge in [0.05, 0.1) is 19.3 Å². The molecule has 10 heteroatoms. The highest BCUT2D eigenvalue weighted by atomic mass is 19.4. The molecule has 30 heavy (non-hydrogen) atoms. The molecule has 0 aliphatic rings. The van der Waals surface area contributed by atoms with Gasteiger partial charge in [0.1, 0.15) is 22.8 Å². The SMILES string of the molecule is C[C@@H](c1ccc(C(F)(F)F)nc1)n1nc(COCc2ccccc2)c(C(N)=O)c1N. The van der Waals surface area contributed by atoms with Crippen molar-refractivity contribution >= 4 is 11.7 Å². The van der Waals surface area contributed by atoms with E-state index in [1.807, 2.05) is 30.3 Å². The summed E-state index contributed by atoms with van der Waals surface area (Å²) >= 11 is 0. The number of carbonyl (C=O) groups is 1. The van der Waals surface area contributed by atoms with Crippen LogP contribution in [0, 0.1) is 0 Å². The summed E-state index contributed by atoms with van der Waals surface area (Å²) in [7, 11) is 0. The van der Waals surface area contributed by atoms with Gasteiger partial charge in [0.25, 0.3) is 5.91 Å². The van der Waals surface area contributed by atoms with E-state index in [4.69, 9.17) is 16.2 Å². The zero-order chi connectivity index (χ0) is 21.9. The Morgan fingerprint density at radius 1 is 1.17 bits per heavy atom. The smallest absolute Gasteiger partial charge is 0.383 e. The molecule has 0 bridgehead atoms. The van der Waals surface area contributed by atoms with Crippen LogP contribution < -0.4 is 11.5 Å². The minimum absolute atomic E-state index is 0.00760. The number of nitrogens with two attached hydrogens (primary N) is 2. The number of rotatable bonds is 7. The summed E-state index contributed by atoms with van der Waals surface area (Å²) in [5.41, 5.74) is 12.2. The molecular formula is C20H20F3N5O2. The van der Waals surface area contributed by atoms with Crippen LogP contribution in [0.3, 0.4) is 0 Å². The van der Waals surface area contributed by atoms with Crippen LogP contribution in [0.25, 0.3) is 0 Å². The minimum atomic E-state index is -4.53. The first-order valence-corrected chi connectivity index (χ1v) is 9.00. The van der Waals surface area contributed by atoms with Crippen LogP contribution in [0.2, 0.25) is 0 Å². The number of nitrogen functional groups attached to an aromatic ring is 1. The number of ether oxygens (including phenoxy) is 1. The normalized spacial score (nSPS) is 12.7. The Morgan fingerprint density at radius 3 is 2.43 bits per heavy atom. The van der Waals surface area contributed by atoms with Gasteiger partial charge in [-0.15, -0.1) is 0 Å². The molecule has 158 valence electrons. The van der Waals surface area contributed by atoms with Gasteiger partial charge in [0.2, 0.25) is 0 Å². The number of aromatic nitrogens is 3. The number of carbonyl (C=O) groups excluding carboxylic acids is 1. The Morgan fingerprint density at radius 2 is 1.87 bits per heavy atom. The van der Waals surface area contributed by atoms with E-state index in [2.05, 4.69) is 10.1 Å². The third kappa shape index (κ3) is 4.60. The van der Waals surface area contributed by atoms with Crippen LogP contribution in [0.15, 0.2) is 48.7 Å². The van der Waals surface area contributed by atoms with Gasteiger partial charge < -0.3 is 16.2 Å². The summed E-state index contributed by atoms with van der Waals surface area (Å²) in [6, 6.07) is 11.0. The average Bonchev–Trinajstić information content (AvgIpc) is 3.04. The van der Waals surface area contributed by atoms with Crippen molar-refractivity contribution in [1.29, 1.82) is 0 Å². The number of alkyl halides is 3. The lowest BCUT2D eigenvalue weighted by Crippen LogP contribution is -2.17. The molecule has 3 rings (SSSR count). The molecule has 0 saturated heterocycles. The van der Waals surface area contributed by atoms with Crippen LogP contribution in [0.1, 0.15) is 45.8 Å². The molecule has 1 atom stereocenters. The van der Waals surface area contributed by atoms with Gasteiger partial charge in [-0.05, 0) is 24.1 Å². The Labute approximate surface area is 170 Å². The van der Waals surface area contributed by atoms with Crippen LogP contribution in [-0.4, -0.2) is 20.7 Å². The second kappa shape index (κ2) is 8.54. The van der Waals surface area contributed by atoms with Gasteiger partial charge in [-0.2, -0.15) is 18.3 Å². The van der Waals surface area contributed by atoms with Crippen molar-refractivity contribution < 1.29 is 22.7 Å². The molecule has 0 aliphatic heterocycles. The summed E-state index contributed by atoms with van der Waals surface area (Å²) < 4.78 is 45.1. The highest BCUT2D eigenvalue weighted by molar-refractivity contribution is 5.98. The van der Waals surface area contributed by atoms with Crippen LogP contribution >= 0.6 is 0 Å². The lowest BCUT2D eigenvalue weighted by atomic mass is 10.1. The molecule has 0 radical (unpaired) electrons. The molecule has 0 aliphatic carbocycles. The Hall–Kier alpha value is -3.40. The van der Waals surface area contributed by atoms with Crippen molar-refractivity contribution in [3.05, 3.63) is 76.7 Å². The molecule has 0 spiro atoms. The molecule has 1 amide bonds. The number of primary amides is 1. The minimum Gasteiger partial charge on any atom is -0.383 e. The van der Waals surface area contributed by atoms with Gasteiger partial charge in [-0.25, -0.2) is 4.68 Å². The first kappa shape index (κ1) is 21.3. The molecule has 2 heterocycles. The largest absolute Gasteiger partial charge is 0.433 e. The average molecular weight is 419 g/mol. The molecule has 7 nitrogen and oxygen atoms in total. The van der Waals surface area contributed by atoms with Crippen molar-refractivity contribution in [3.63, 3.8) is 0 Å². The van der Waals surface area contributed by atoms with E-state index in [1.165, 1.54) is 10.7 Å². The van der Waals surface area contributed by atoms with E-state index in [1.54, 1.807) is 6.92 Å². The number of nitrogens with zero attached hydrogens (tertiary/aromatic N) is 3. The maximum absolute atomic E-state index is 12.7. The number of anilines is 1. The Kier molecular flexibility index (Phi) is 6.06. The molecule has 1 aromatic carbocycles. The van der Waals surface area contributed by atoms with Gasteiger partial charge in [0.15, 0.2) is 0 Å². The first-order chi connectivity index (χ1) is 14.2. The quantitative estimate of drug-likeness (QED) is 0.611. The van der Waals surface area contributed by atoms with Crippen molar-refractivity contribution in [2.24, 2.45) is 5.73 Å². The molecule has 0 fully saturated rings. The first-order valence-electron chi connectivity index (χ1n) is 9.00. The van der Waals surface area contributed by atoms with Gasteiger partial charge in [-0.1, -0.05) is 36.4 Å². The Balaban J connectivity index is 1.82. The van der Waals surface area contributed by atoms with Crippen molar-refractivity contribution in [2.75, 3.05) is 5.73 Å². The van der Waals surface area contributed by atoms with E-state index in [-0.39, 0.29) is 23.7 Å². The van der Waals surface area contributed by atoms with Crippen molar-refractivity contribution in [2.45, 2.75) is 32.4 Å². The second-order valence-electron chi connectivity index (χ2n) is 6.64. The number of pyridine rings is 1.